The van der Waals surface area contributed by atoms with Gasteiger partial charge in [-0.1, -0.05) is 0 Å². The zero-order valence-corrected chi connectivity index (χ0v) is 6.93. The van der Waals surface area contributed by atoms with Crippen molar-refractivity contribution in [1.29, 1.82) is 0 Å². The first-order valence-corrected chi connectivity index (χ1v) is 3.92. The van der Waals surface area contributed by atoms with Crippen LogP contribution in [0.4, 0.5) is 0 Å². The summed E-state index contributed by atoms with van der Waals surface area (Å²) in [6, 6.07) is 0. The van der Waals surface area contributed by atoms with Crippen LogP contribution in [0.25, 0.3) is 0 Å². The third kappa shape index (κ3) is 2.30. The maximum Gasteiger partial charge on any atom is 0.110 e. The van der Waals surface area contributed by atoms with Crippen molar-refractivity contribution in [2.75, 3.05) is 0 Å². The number of rotatable bonds is 2. The van der Waals surface area contributed by atoms with Gasteiger partial charge in [0.1, 0.15) is 11.8 Å². The third-order valence-corrected chi connectivity index (χ3v) is 1.68. The Morgan fingerprint density at radius 2 is 2.64 bits per heavy atom. The van der Waals surface area contributed by atoms with Crippen LogP contribution in [0.3, 0.4) is 0 Å². The van der Waals surface area contributed by atoms with Crippen molar-refractivity contribution in [3.8, 4) is 11.8 Å². The molecule has 0 spiro atoms. The van der Waals surface area contributed by atoms with Crippen LogP contribution in [0.5, 0.6) is 0 Å². The molecule has 0 aliphatic heterocycles. The van der Waals surface area contributed by atoms with E-state index in [0.717, 1.165) is 11.7 Å². The van der Waals surface area contributed by atoms with Crippen LogP contribution in [-0.4, -0.2) is 13.9 Å². The van der Waals surface area contributed by atoms with Gasteiger partial charge >= 0.3 is 0 Å². The molecule has 0 bridgehead atoms. The minimum atomic E-state index is -0.582. The number of aliphatic hydroxyl groups excluding tert-OH is 1. The molecule has 0 saturated heterocycles. The summed E-state index contributed by atoms with van der Waals surface area (Å²) in [6.45, 7) is 1.74. The van der Waals surface area contributed by atoms with E-state index in [9.17, 15) is 5.11 Å². The second-order valence-electron chi connectivity index (χ2n) is 1.98. The van der Waals surface area contributed by atoms with Gasteiger partial charge in [-0.25, -0.2) is 0 Å². The number of nitrogens with zero attached hydrogens (tertiary/aromatic N) is 2. The first-order valence-electron chi connectivity index (χ1n) is 3.19. The molecule has 0 amide bonds. The van der Waals surface area contributed by atoms with Crippen LogP contribution in [0.2, 0.25) is 0 Å². The molecule has 1 aromatic rings. The highest BCUT2D eigenvalue weighted by Gasteiger charge is 2.07. The van der Waals surface area contributed by atoms with Crippen molar-refractivity contribution in [2.45, 2.75) is 19.4 Å². The van der Waals surface area contributed by atoms with Gasteiger partial charge in [0.05, 0.1) is 17.9 Å². The average molecular weight is 168 g/mol. The SMILES string of the molecule is CC#CCC(O)c1cnsn1. The van der Waals surface area contributed by atoms with E-state index in [4.69, 9.17) is 0 Å². The molecule has 1 rings (SSSR count). The van der Waals surface area contributed by atoms with Gasteiger partial charge in [-0.05, 0) is 6.92 Å². The normalized spacial score (nSPS) is 11.8. The van der Waals surface area contributed by atoms with Crippen LogP contribution >= 0.6 is 11.7 Å². The second kappa shape index (κ2) is 4.06. The Morgan fingerprint density at radius 3 is 3.18 bits per heavy atom. The Bertz CT molecular complexity index is 260. The third-order valence-electron chi connectivity index (χ3n) is 1.19. The maximum absolute atomic E-state index is 9.34. The number of hydrogen-bond acceptors (Lipinski definition) is 4. The van der Waals surface area contributed by atoms with E-state index in [1.807, 2.05) is 0 Å². The van der Waals surface area contributed by atoms with Crippen LogP contribution < -0.4 is 0 Å². The number of aromatic nitrogens is 2. The van der Waals surface area contributed by atoms with Crippen LogP contribution in [0.1, 0.15) is 25.1 Å². The summed E-state index contributed by atoms with van der Waals surface area (Å²) in [7, 11) is 0. The summed E-state index contributed by atoms with van der Waals surface area (Å²) in [4.78, 5) is 0. The van der Waals surface area contributed by atoms with E-state index in [1.54, 1.807) is 13.1 Å². The van der Waals surface area contributed by atoms with Crippen molar-refractivity contribution in [3.63, 3.8) is 0 Å². The Labute approximate surface area is 69.4 Å². The lowest BCUT2D eigenvalue weighted by Crippen LogP contribution is -1.95. The minimum absolute atomic E-state index is 0.432. The Hall–Kier alpha value is -0.920. The monoisotopic (exact) mass is 168 g/mol. The van der Waals surface area contributed by atoms with E-state index in [0.29, 0.717) is 12.1 Å². The Balaban J connectivity index is 2.53. The summed E-state index contributed by atoms with van der Waals surface area (Å²) in [5.41, 5.74) is 0.609. The first-order chi connectivity index (χ1) is 5.34. The van der Waals surface area contributed by atoms with Gasteiger partial charge < -0.3 is 5.11 Å². The highest BCUT2D eigenvalue weighted by molar-refractivity contribution is 6.99. The van der Waals surface area contributed by atoms with Crippen LogP contribution in [0, 0.1) is 11.8 Å². The minimum Gasteiger partial charge on any atom is -0.386 e. The molecule has 0 radical (unpaired) electrons. The molecule has 4 heteroatoms. The van der Waals surface area contributed by atoms with E-state index < -0.39 is 6.10 Å². The van der Waals surface area contributed by atoms with Crippen molar-refractivity contribution < 1.29 is 5.11 Å². The molecular formula is C7H8N2OS. The summed E-state index contributed by atoms with van der Waals surface area (Å²) >= 11 is 1.09. The van der Waals surface area contributed by atoms with Crippen molar-refractivity contribution in [3.05, 3.63) is 11.9 Å². The molecule has 1 heterocycles. The molecule has 3 nitrogen and oxygen atoms in total. The fourth-order valence-corrected chi connectivity index (χ4v) is 1.09. The lowest BCUT2D eigenvalue weighted by atomic mass is 10.2. The molecule has 0 aliphatic rings. The zero-order valence-electron chi connectivity index (χ0n) is 6.11. The second-order valence-corrected chi connectivity index (χ2v) is 2.54. The van der Waals surface area contributed by atoms with Crippen molar-refractivity contribution in [2.24, 2.45) is 0 Å². The van der Waals surface area contributed by atoms with Gasteiger partial charge in [-0.3, -0.25) is 0 Å². The van der Waals surface area contributed by atoms with Gasteiger partial charge in [0.2, 0.25) is 0 Å². The average Bonchev–Trinajstić information content (AvgIpc) is 2.52. The van der Waals surface area contributed by atoms with E-state index in [2.05, 4.69) is 20.6 Å². The van der Waals surface area contributed by atoms with Crippen molar-refractivity contribution in [1.82, 2.24) is 8.75 Å². The molecule has 0 fully saturated rings. The summed E-state index contributed by atoms with van der Waals surface area (Å²) in [6.07, 6.45) is 1.41. The van der Waals surface area contributed by atoms with Crippen LogP contribution in [-0.2, 0) is 0 Å². The molecule has 1 N–H and O–H groups in total. The van der Waals surface area contributed by atoms with Crippen LogP contribution in [0.15, 0.2) is 6.20 Å². The Kier molecular flexibility index (Phi) is 3.02. The quantitative estimate of drug-likeness (QED) is 0.670. The molecule has 0 aromatic carbocycles. The van der Waals surface area contributed by atoms with E-state index in [1.165, 1.54) is 0 Å². The van der Waals surface area contributed by atoms with Gasteiger partial charge in [0, 0.05) is 6.42 Å². The van der Waals surface area contributed by atoms with Gasteiger partial charge in [0.15, 0.2) is 0 Å². The number of hydrogen-bond donors (Lipinski definition) is 1. The summed E-state index contributed by atoms with van der Waals surface area (Å²) in [5.74, 6) is 5.48. The molecule has 1 aromatic heterocycles. The first kappa shape index (κ1) is 8.18. The molecule has 11 heavy (non-hydrogen) atoms. The van der Waals surface area contributed by atoms with Crippen molar-refractivity contribution >= 4 is 11.7 Å². The van der Waals surface area contributed by atoms with Gasteiger partial charge in [0.25, 0.3) is 0 Å². The molecule has 1 unspecified atom stereocenters. The zero-order chi connectivity index (χ0) is 8.10. The smallest absolute Gasteiger partial charge is 0.110 e. The summed E-state index contributed by atoms with van der Waals surface area (Å²) < 4.78 is 7.66. The topological polar surface area (TPSA) is 46.0 Å². The predicted octanol–water partition coefficient (Wildman–Crippen LogP) is 0.985. The predicted molar refractivity (Wildman–Crippen MR) is 42.9 cm³/mol. The van der Waals surface area contributed by atoms with E-state index in [-0.39, 0.29) is 0 Å². The lowest BCUT2D eigenvalue weighted by molar-refractivity contribution is 0.180. The van der Waals surface area contributed by atoms with Gasteiger partial charge in [-0.15, -0.1) is 11.8 Å². The highest BCUT2D eigenvalue weighted by atomic mass is 32.1. The number of aliphatic hydroxyl groups is 1. The highest BCUT2D eigenvalue weighted by Crippen LogP contribution is 2.12. The molecular weight excluding hydrogens is 160 g/mol. The molecule has 0 saturated carbocycles. The lowest BCUT2D eigenvalue weighted by Gasteiger charge is -1.99. The standard InChI is InChI=1S/C7H8N2OS/c1-2-3-4-7(10)6-5-8-11-9-6/h5,7,10H,4H2,1H3. The van der Waals surface area contributed by atoms with E-state index >= 15 is 0 Å². The largest absolute Gasteiger partial charge is 0.386 e. The van der Waals surface area contributed by atoms with Gasteiger partial charge in [-0.2, -0.15) is 8.75 Å². The molecule has 1 atom stereocenters. The fraction of sp³-hybridized carbons (Fsp3) is 0.429. The molecule has 0 aliphatic carbocycles. The fourth-order valence-electron chi connectivity index (χ4n) is 0.622. The summed E-state index contributed by atoms with van der Waals surface area (Å²) in [5, 5.41) is 9.34. The maximum atomic E-state index is 9.34. The Morgan fingerprint density at radius 1 is 1.82 bits per heavy atom. The molecule has 58 valence electrons.